The Morgan fingerprint density at radius 3 is 2.56 bits per heavy atom. The normalized spacial score (nSPS) is 10.3. The van der Waals surface area contributed by atoms with Crippen LogP contribution in [-0.4, -0.2) is 12.5 Å². The molecule has 3 N–H and O–H groups in total. The van der Waals surface area contributed by atoms with Crippen LogP contribution in [0.25, 0.3) is 0 Å². The van der Waals surface area contributed by atoms with Crippen molar-refractivity contribution in [2.75, 3.05) is 12.3 Å². The molecule has 0 saturated carbocycles. The van der Waals surface area contributed by atoms with Crippen molar-refractivity contribution < 1.29 is 4.79 Å². The third-order valence-electron chi connectivity index (χ3n) is 2.64. The average molecular weight is 260 g/mol. The Bertz CT molecular complexity index is 531. The van der Waals surface area contributed by atoms with E-state index >= 15 is 0 Å². The first-order chi connectivity index (χ1) is 8.65. The van der Waals surface area contributed by atoms with Crippen LogP contribution in [0, 0.1) is 6.92 Å². The Morgan fingerprint density at radius 2 is 1.94 bits per heavy atom. The van der Waals surface area contributed by atoms with Gasteiger partial charge in [0.25, 0.3) is 5.91 Å². The van der Waals surface area contributed by atoms with Gasteiger partial charge in [-0.3, -0.25) is 4.79 Å². The number of hydrogen-bond donors (Lipinski definition) is 2. The maximum atomic E-state index is 11.8. The van der Waals surface area contributed by atoms with Gasteiger partial charge in [-0.1, -0.05) is 12.1 Å². The monoisotopic (exact) mass is 260 g/mol. The Kier molecular flexibility index (Phi) is 3.99. The van der Waals surface area contributed by atoms with Crippen LogP contribution in [0.4, 0.5) is 5.69 Å². The van der Waals surface area contributed by atoms with Crippen molar-refractivity contribution in [3.05, 3.63) is 51.7 Å². The predicted molar refractivity (Wildman–Crippen MR) is 75.9 cm³/mol. The smallest absolute Gasteiger partial charge is 0.261 e. The second-order valence-corrected chi connectivity index (χ2v) is 5.45. The maximum absolute atomic E-state index is 11.8. The molecule has 2 aromatic rings. The van der Waals surface area contributed by atoms with Crippen LogP contribution in [-0.2, 0) is 6.42 Å². The largest absolute Gasteiger partial charge is 0.399 e. The number of anilines is 1. The van der Waals surface area contributed by atoms with Crippen molar-refractivity contribution >= 4 is 22.9 Å². The lowest BCUT2D eigenvalue weighted by Crippen LogP contribution is -2.24. The molecule has 2 rings (SSSR count). The summed E-state index contributed by atoms with van der Waals surface area (Å²) < 4.78 is 0. The summed E-state index contributed by atoms with van der Waals surface area (Å²) in [6, 6.07) is 11.5. The van der Waals surface area contributed by atoms with Crippen molar-refractivity contribution in [1.29, 1.82) is 0 Å². The molecule has 0 aliphatic rings. The van der Waals surface area contributed by atoms with Crippen molar-refractivity contribution in [2.45, 2.75) is 13.3 Å². The van der Waals surface area contributed by atoms with Crippen molar-refractivity contribution in [2.24, 2.45) is 0 Å². The third kappa shape index (κ3) is 3.34. The van der Waals surface area contributed by atoms with Crippen LogP contribution in [0.5, 0.6) is 0 Å². The van der Waals surface area contributed by atoms with E-state index in [1.807, 2.05) is 43.3 Å². The van der Waals surface area contributed by atoms with Gasteiger partial charge >= 0.3 is 0 Å². The molecular weight excluding hydrogens is 244 g/mol. The summed E-state index contributed by atoms with van der Waals surface area (Å²) >= 11 is 1.52. The number of thiophene rings is 1. The van der Waals surface area contributed by atoms with Crippen LogP contribution in [0.15, 0.2) is 36.4 Å². The summed E-state index contributed by atoms with van der Waals surface area (Å²) in [4.78, 5) is 13.7. The van der Waals surface area contributed by atoms with E-state index in [0.717, 1.165) is 21.9 Å². The van der Waals surface area contributed by atoms with E-state index < -0.39 is 0 Å². The van der Waals surface area contributed by atoms with Crippen LogP contribution in [0.2, 0.25) is 0 Å². The number of nitrogens with two attached hydrogens (primary N) is 1. The van der Waals surface area contributed by atoms with Gasteiger partial charge in [0.05, 0.1) is 4.88 Å². The van der Waals surface area contributed by atoms with Gasteiger partial charge in [-0.05, 0) is 43.2 Å². The fraction of sp³-hybridized carbons (Fsp3) is 0.214. The average Bonchev–Trinajstić information content (AvgIpc) is 2.78. The van der Waals surface area contributed by atoms with E-state index in [4.69, 9.17) is 5.73 Å². The fourth-order valence-electron chi connectivity index (χ4n) is 1.65. The highest BCUT2D eigenvalue weighted by atomic mass is 32.1. The number of aryl methyl sites for hydroxylation is 1. The molecule has 0 spiro atoms. The zero-order chi connectivity index (χ0) is 13.0. The zero-order valence-corrected chi connectivity index (χ0v) is 11.1. The molecule has 1 aromatic heterocycles. The molecule has 0 fully saturated rings. The molecule has 0 unspecified atom stereocenters. The van der Waals surface area contributed by atoms with E-state index in [1.54, 1.807) is 0 Å². The number of nitrogens with one attached hydrogen (secondary N) is 1. The Hall–Kier alpha value is -1.81. The Labute approximate surface area is 111 Å². The number of carbonyl (C=O) groups is 1. The second-order valence-electron chi connectivity index (χ2n) is 4.16. The minimum absolute atomic E-state index is 0.00328. The lowest BCUT2D eigenvalue weighted by atomic mass is 10.1. The summed E-state index contributed by atoms with van der Waals surface area (Å²) in [5, 5.41) is 2.92. The Balaban J connectivity index is 1.82. The van der Waals surface area contributed by atoms with Gasteiger partial charge in [0, 0.05) is 17.1 Å². The predicted octanol–water partition coefficient (Wildman–Crippen LogP) is 2.61. The quantitative estimate of drug-likeness (QED) is 0.830. The number of amides is 1. The third-order valence-corrected chi connectivity index (χ3v) is 3.64. The van der Waals surface area contributed by atoms with Crippen molar-refractivity contribution in [3.63, 3.8) is 0 Å². The Morgan fingerprint density at radius 1 is 1.22 bits per heavy atom. The van der Waals surface area contributed by atoms with Gasteiger partial charge in [-0.15, -0.1) is 11.3 Å². The molecule has 0 atom stereocenters. The van der Waals surface area contributed by atoms with E-state index in [0.29, 0.717) is 6.54 Å². The van der Waals surface area contributed by atoms with E-state index in [9.17, 15) is 4.79 Å². The van der Waals surface area contributed by atoms with Crippen LogP contribution < -0.4 is 11.1 Å². The fourth-order valence-corrected chi connectivity index (χ4v) is 2.43. The summed E-state index contributed by atoms with van der Waals surface area (Å²) in [6.45, 7) is 2.63. The molecular formula is C14H16N2OS. The van der Waals surface area contributed by atoms with Gasteiger partial charge in [0.1, 0.15) is 0 Å². The standard InChI is InChI=1S/C14H16N2OS/c1-10-2-7-13(18-10)14(17)16-9-8-11-3-5-12(15)6-4-11/h2-7H,8-9,15H2,1H3,(H,16,17). The highest BCUT2D eigenvalue weighted by molar-refractivity contribution is 7.13. The number of hydrogen-bond acceptors (Lipinski definition) is 3. The highest BCUT2D eigenvalue weighted by Gasteiger charge is 2.06. The molecule has 0 aliphatic carbocycles. The molecule has 0 saturated heterocycles. The maximum Gasteiger partial charge on any atom is 0.261 e. The summed E-state index contributed by atoms with van der Waals surface area (Å²) in [5.41, 5.74) is 7.55. The number of rotatable bonds is 4. The first kappa shape index (κ1) is 12.6. The van der Waals surface area contributed by atoms with Gasteiger partial charge in [0.15, 0.2) is 0 Å². The summed E-state index contributed by atoms with van der Waals surface area (Å²) in [5.74, 6) is 0.00328. The molecule has 0 aliphatic heterocycles. The molecule has 1 amide bonds. The molecule has 1 aromatic carbocycles. The number of carbonyl (C=O) groups excluding carboxylic acids is 1. The molecule has 0 radical (unpaired) electrons. The van der Waals surface area contributed by atoms with Crippen molar-refractivity contribution in [3.8, 4) is 0 Å². The minimum Gasteiger partial charge on any atom is -0.399 e. The summed E-state index contributed by atoms with van der Waals surface area (Å²) in [7, 11) is 0. The van der Waals surface area contributed by atoms with Gasteiger partial charge in [-0.2, -0.15) is 0 Å². The highest BCUT2D eigenvalue weighted by Crippen LogP contribution is 2.14. The van der Waals surface area contributed by atoms with E-state index in [-0.39, 0.29) is 5.91 Å². The minimum atomic E-state index is 0.00328. The lowest BCUT2D eigenvalue weighted by Gasteiger charge is -2.04. The van der Waals surface area contributed by atoms with Crippen LogP contribution in [0.1, 0.15) is 20.1 Å². The number of nitrogen functional groups attached to an aromatic ring is 1. The van der Waals surface area contributed by atoms with E-state index in [1.165, 1.54) is 16.9 Å². The molecule has 3 nitrogen and oxygen atoms in total. The second kappa shape index (κ2) is 5.69. The topological polar surface area (TPSA) is 55.1 Å². The lowest BCUT2D eigenvalue weighted by molar-refractivity contribution is 0.0958. The molecule has 18 heavy (non-hydrogen) atoms. The van der Waals surface area contributed by atoms with E-state index in [2.05, 4.69) is 5.32 Å². The molecule has 4 heteroatoms. The SMILES string of the molecule is Cc1ccc(C(=O)NCCc2ccc(N)cc2)s1. The first-order valence-corrected chi connectivity index (χ1v) is 6.66. The van der Waals surface area contributed by atoms with Crippen molar-refractivity contribution in [1.82, 2.24) is 5.32 Å². The van der Waals surface area contributed by atoms with Gasteiger partial charge in [-0.25, -0.2) is 0 Å². The van der Waals surface area contributed by atoms with Crippen LogP contribution in [0.3, 0.4) is 0 Å². The molecule has 0 bridgehead atoms. The first-order valence-electron chi connectivity index (χ1n) is 5.84. The van der Waals surface area contributed by atoms with Crippen LogP contribution >= 0.6 is 11.3 Å². The van der Waals surface area contributed by atoms with Gasteiger partial charge in [0.2, 0.25) is 0 Å². The zero-order valence-electron chi connectivity index (χ0n) is 10.3. The molecule has 94 valence electrons. The number of benzene rings is 1. The molecule has 1 heterocycles. The van der Waals surface area contributed by atoms with Gasteiger partial charge < -0.3 is 11.1 Å². The summed E-state index contributed by atoms with van der Waals surface area (Å²) in [6.07, 6.45) is 0.816.